The van der Waals surface area contributed by atoms with Crippen molar-refractivity contribution in [1.29, 1.82) is 0 Å². The molecular weight excluding hydrogens is 276 g/mol. The van der Waals surface area contributed by atoms with Gasteiger partial charge in [-0.25, -0.2) is 9.78 Å². The molecular formula is C14H16N2O3S. The van der Waals surface area contributed by atoms with Crippen molar-refractivity contribution in [3.05, 3.63) is 46.4 Å². The van der Waals surface area contributed by atoms with Gasteiger partial charge in [-0.2, -0.15) is 0 Å². The molecule has 0 aliphatic heterocycles. The lowest BCUT2D eigenvalue weighted by molar-refractivity contribution is 0.0691. The van der Waals surface area contributed by atoms with Crippen molar-refractivity contribution in [1.82, 2.24) is 9.88 Å². The van der Waals surface area contributed by atoms with Crippen LogP contribution in [0.15, 0.2) is 35.2 Å². The minimum atomic E-state index is -0.976. The van der Waals surface area contributed by atoms with Crippen molar-refractivity contribution in [3.8, 4) is 5.75 Å². The standard InChI is InChI=1S/C14H16N2O3S/c1-16(8-11-9-20-10-15-11)6-7-19-13-5-3-2-4-12(13)14(17)18/h2-5,9-10H,6-8H2,1H3,(H,17,18). The van der Waals surface area contributed by atoms with Crippen LogP contribution >= 0.6 is 11.3 Å². The Kier molecular flexibility index (Phi) is 5.09. The molecule has 0 atom stereocenters. The first-order chi connectivity index (χ1) is 9.66. The van der Waals surface area contributed by atoms with Crippen LogP contribution in [-0.2, 0) is 6.54 Å². The Morgan fingerprint density at radius 1 is 1.45 bits per heavy atom. The number of hydrogen-bond donors (Lipinski definition) is 1. The molecule has 0 bridgehead atoms. The summed E-state index contributed by atoms with van der Waals surface area (Å²) in [4.78, 5) is 17.3. The third-order valence-electron chi connectivity index (χ3n) is 2.76. The number of nitrogens with zero attached hydrogens (tertiary/aromatic N) is 2. The molecule has 2 aromatic rings. The van der Waals surface area contributed by atoms with Gasteiger partial charge >= 0.3 is 5.97 Å². The summed E-state index contributed by atoms with van der Waals surface area (Å²) >= 11 is 1.57. The molecule has 0 amide bonds. The maximum atomic E-state index is 11.0. The van der Waals surface area contributed by atoms with Gasteiger partial charge in [0.15, 0.2) is 0 Å². The molecule has 0 spiro atoms. The largest absolute Gasteiger partial charge is 0.491 e. The van der Waals surface area contributed by atoms with Crippen molar-refractivity contribution in [2.45, 2.75) is 6.54 Å². The van der Waals surface area contributed by atoms with Crippen molar-refractivity contribution in [2.75, 3.05) is 20.2 Å². The average molecular weight is 292 g/mol. The zero-order valence-corrected chi connectivity index (χ0v) is 12.0. The van der Waals surface area contributed by atoms with Gasteiger partial charge in [-0.05, 0) is 19.2 Å². The summed E-state index contributed by atoms with van der Waals surface area (Å²) in [6, 6.07) is 6.66. The van der Waals surface area contributed by atoms with Crippen LogP contribution in [0.25, 0.3) is 0 Å². The quantitative estimate of drug-likeness (QED) is 0.848. The van der Waals surface area contributed by atoms with Gasteiger partial charge in [-0.1, -0.05) is 12.1 Å². The first-order valence-electron chi connectivity index (χ1n) is 6.17. The monoisotopic (exact) mass is 292 g/mol. The first kappa shape index (κ1) is 14.5. The average Bonchev–Trinajstić information content (AvgIpc) is 2.92. The highest BCUT2D eigenvalue weighted by Crippen LogP contribution is 2.17. The highest BCUT2D eigenvalue weighted by atomic mass is 32.1. The summed E-state index contributed by atoms with van der Waals surface area (Å²) in [6.07, 6.45) is 0. The topological polar surface area (TPSA) is 62.7 Å². The third kappa shape index (κ3) is 4.04. The molecule has 0 unspecified atom stereocenters. The minimum absolute atomic E-state index is 0.189. The predicted molar refractivity (Wildman–Crippen MR) is 77.3 cm³/mol. The van der Waals surface area contributed by atoms with E-state index in [4.69, 9.17) is 9.84 Å². The molecule has 0 saturated heterocycles. The summed E-state index contributed by atoms with van der Waals surface area (Å²) in [5.74, 6) is -0.571. The molecule has 0 aliphatic rings. The highest BCUT2D eigenvalue weighted by Gasteiger charge is 2.10. The Morgan fingerprint density at radius 3 is 2.95 bits per heavy atom. The Hall–Kier alpha value is -1.92. The van der Waals surface area contributed by atoms with E-state index in [-0.39, 0.29) is 5.56 Å². The van der Waals surface area contributed by atoms with Gasteiger partial charge in [0.2, 0.25) is 0 Å². The second-order valence-electron chi connectivity index (χ2n) is 4.37. The van der Waals surface area contributed by atoms with E-state index in [0.717, 1.165) is 12.2 Å². The molecule has 1 N–H and O–H groups in total. The molecule has 1 aromatic heterocycles. The normalized spacial score (nSPS) is 10.7. The smallest absolute Gasteiger partial charge is 0.339 e. The lowest BCUT2D eigenvalue weighted by Gasteiger charge is -2.16. The molecule has 20 heavy (non-hydrogen) atoms. The van der Waals surface area contributed by atoms with Crippen LogP contribution in [0.5, 0.6) is 5.75 Å². The number of carboxylic acid groups (broad SMARTS) is 1. The lowest BCUT2D eigenvalue weighted by atomic mass is 10.2. The molecule has 5 nitrogen and oxygen atoms in total. The number of benzene rings is 1. The Balaban J connectivity index is 1.82. The Bertz CT molecular complexity index is 557. The van der Waals surface area contributed by atoms with Crippen molar-refractivity contribution in [2.24, 2.45) is 0 Å². The number of carbonyl (C=O) groups is 1. The van der Waals surface area contributed by atoms with Crippen LogP contribution < -0.4 is 4.74 Å². The molecule has 0 saturated carbocycles. The SMILES string of the molecule is CN(CCOc1ccccc1C(=O)O)Cc1cscn1. The Labute approximate surface area is 121 Å². The molecule has 106 valence electrons. The number of aromatic nitrogens is 1. The number of thiazole rings is 1. The van der Waals surface area contributed by atoms with Gasteiger partial charge in [0.25, 0.3) is 0 Å². The first-order valence-corrected chi connectivity index (χ1v) is 7.12. The van der Waals surface area contributed by atoms with Gasteiger partial charge in [0, 0.05) is 18.5 Å². The van der Waals surface area contributed by atoms with E-state index < -0.39 is 5.97 Å². The van der Waals surface area contributed by atoms with E-state index >= 15 is 0 Å². The summed E-state index contributed by atoms with van der Waals surface area (Å²) in [5, 5.41) is 11.1. The van der Waals surface area contributed by atoms with E-state index in [1.54, 1.807) is 29.5 Å². The second-order valence-corrected chi connectivity index (χ2v) is 5.09. The number of carboxylic acids is 1. The van der Waals surface area contributed by atoms with Crippen LogP contribution in [0.3, 0.4) is 0 Å². The van der Waals surface area contributed by atoms with Gasteiger partial charge < -0.3 is 9.84 Å². The number of likely N-dealkylation sites (N-methyl/N-ethyl adjacent to an activating group) is 1. The van der Waals surface area contributed by atoms with Crippen LogP contribution in [-0.4, -0.2) is 41.2 Å². The van der Waals surface area contributed by atoms with Crippen LogP contribution in [0, 0.1) is 0 Å². The summed E-state index contributed by atoms with van der Waals surface area (Å²) in [5.41, 5.74) is 3.03. The van der Waals surface area contributed by atoms with Crippen LogP contribution in [0.1, 0.15) is 16.1 Å². The fraction of sp³-hybridized carbons (Fsp3) is 0.286. The molecule has 2 rings (SSSR count). The van der Waals surface area contributed by atoms with Crippen molar-refractivity contribution >= 4 is 17.3 Å². The van der Waals surface area contributed by atoms with Crippen molar-refractivity contribution < 1.29 is 14.6 Å². The summed E-state index contributed by atoms with van der Waals surface area (Å²) in [6.45, 7) is 1.89. The molecule has 0 aliphatic carbocycles. The molecule has 6 heteroatoms. The van der Waals surface area contributed by atoms with E-state index in [9.17, 15) is 4.79 Å². The number of para-hydroxylation sites is 1. The molecule has 0 radical (unpaired) electrons. The van der Waals surface area contributed by atoms with E-state index in [2.05, 4.69) is 9.88 Å². The van der Waals surface area contributed by atoms with E-state index in [1.165, 1.54) is 6.07 Å². The van der Waals surface area contributed by atoms with E-state index in [0.29, 0.717) is 18.9 Å². The fourth-order valence-corrected chi connectivity index (χ4v) is 2.30. The minimum Gasteiger partial charge on any atom is -0.491 e. The number of hydrogen-bond acceptors (Lipinski definition) is 5. The number of aromatic carboxylic acids is 1. The zero-order valence-electron chi connectivity index (χ0n) is 11.2. The summed E-state index contributed by atoms with van der Waals surface area (Å²) < 4.78 is 5.55. The van der Waals surface area contributed by atoms with Crippen LogP contribution in [0.4, 0.5) is 0 Å². The fourth-order valence-electron chi connectivity index (χ4n) is 1.75. The molecule has 1 aromatic carbocycles. The van der Waals surface area contributed by atoms with Gasteiger partial charge in [-0.3, -0.25) is 4.90 Å². The van der Waals surface area contributed by atoms with Gasteiger partial charge in [0.1, 0.15) is 17.9 Å². The Morgan fingerprint density at radius 2 is 2.25 bits per heavy atom. The maximum absolute atomic E-state index is 11.0. The lowest BCUT2D eigenvalue weighted by Crippen LogP contribution is -2.24. The maximum Gasteiger partial charge on any atom is 0.339 e. The van der Waals surface area contributed by atoms with Crippen molar-refractivity contribution in [3.63, 3.8) is 0 Å². The summed E-state index contributed by atoms with van der Waals surface area (Å²) in [7, 11) is 1.98. The van der Waals surface area contributed by atoms with Gasteiger partial charge in [0.05, 0.1) is 11.2 Å². The molecule has 0 fully saturated rings. The second kappa shape index (κ2) is 7.02. The number of ether oxygens (including phenoxy) is 1. The third-order valence-corrected chi connectivity index (χ3v) is 3.40. The van der Waals surface area contributed by atoms with E-state index in [1.807, 2.05) is 17.9 Å². The predicted octanol–water partition coefficient (Wildman–Crippen LogP) is 2.35. The number of rotatable bonds is 7. The molecule has 1 heterocycles. The zero-order chi connectivity index (χ0) is 14.4. The van der Waals surface area contributed by atoms with Crippen LogP contribution in [0.2, 0.25) is 0 Å². The van der Waals surface area contributed by atoms with Gasteiger partial charge in [-0.15, -0.1) is 11.3 Å². The highest BCUT2D eigenvalue weighted by molar-refractivity contribution is 7.07.